The van der Waals surface area contributed by atoms with Crippen molar-refractivity contribution in [1.82, 2.24) is 18.3 Å². The molecule has 422 valence electrons. The van der Waals surface area contributed by atoms with Crippen LogP contribution >= 0.6 is 11.3 Å². The molecule has 0 unspecified atom stereocenters. The van der Waals surface area contributed by atoms with Crippen LogP contribution in [0.5, 0.6) is 0 Å². The normalized spacial score (nSPS) is 12.8. The molecule has 6 heterocycles. The molecule has 0 saturated carbocycles. The minimum atomic E-state index is -0.310. The van der Waals surface area contributed by atoms with Gasteiger partial charge in [0, 0.05) is 69.3 Å². The highest BCUT2D eigenvalue weighted by Crippen LogP contribution is 2.53. The minimum absolute atomic E-state index is 0.176. The van der Waals surface area contributed by atoms with Gasteiger partial charge in [0.1, 0.15) is 28.8 Å². The first-order valence-electron chi connectivity index (χ1n) is 30.4. The number of nitrogens with zero attached hydrogens (tertiary/aromatic N) is 6. The number of thiophene rings is 1. The molecule has 0 amide bonds. The number of para-hydroxylation sites is 5. The van der Waals surface area contributed by atoms with Crippen molar-refractivity contribution in [2.24, 2.45) is 0 Å². The van der Waals surface area contributed by atoms with E-state index in [-0.39, 0.29) is 16.2 Å². The van der Waals surface area contributed by atoms with Crippen LogP contribution in [-0.4, -0.2) is 18.3 Å². The maximum atomic E-state index is 13.1. The van der Waals surface area contributed by atoms with E-state index in [0.717, 1.165) is 119 Å². The smallest absolute Gasteiger partial charge is 0.160 e. The van der Waals surface area contributed by atoms with Gasteiger partial charge in [-0.05, 0) is 99.7 Å². The van der Waals surface area contributed by atoms with Crippen molar-refractivity contribution < 1.29 is 4.42 Å². The van der Waals surface area contributed by atoms with Crippen LogP contribution in [0.1, 0.15) is 90.1 Å². The lowest BCUT2D eigenvalue weighted by atomic mass is 9.82. The van der Waals surface area contributed by atoms with Crippen molar-refractivity contribution >= 4 is 141 Å². The van der Waals surface area contributed by atoms with Crippen molar-refractivity contribution in [2.45, 2.75) is 78.6 Å². The third kappa shape index (κ3) is 7.04. The van der Waals surface area contributed by atoms with Gasteiger partial charge in [-0.15, -0.1) is 11.3 Å². The zero-order chi connectivity index (χ0) is 60.0. The van der Waals surface area contributed by atoms with Gasteiger partial charge in [0.15, 0.2) is 5.58 Å². The molecule has 0 aliphatic carbocycles. The molecule has 0 bridgehead atoms. The van der Waals surface area contributed by atoms with E-state index in [0.29, 0.717) is 39.5 Å². The summed E-state index contributed by atoms with van der Waals surface area (Å²) >= 11 is 1.79. The molecule has 0 fully saturated rings. The molecule has 7 nitrogen and oxygen atoms in total. The Morgan fingerprint density at radius 3 is 1.28 bits per heavy atom. The highest BCUT2D eigenvalue weighted by atomic mass is 32.1. The van der Waals surface area contributed by atoms with Crippen LogP contribution in [0.15, 0.2) is 205 Å². The summed E-state index contributed by atoms with van der Waals surface area (Å²) in [4.78, 5) is 0. The van der Waals surface area contributed by atoms with Crippen LogP contribution in [-0.2, 0) is 16.2 Å². The number of furan rings is 1. The van der Waals surface area contributed by atoms with Gasteiger partial charge in [-0.1, -0.05) is 196 Å². The molecule has 0 aliphatic rings. The monoisotopic (exact) mass is 1150 g/mol. The molecule has 0 aliphatic heterocycles. The number of hydrogen-bond acceptors (Lipinski definition) is 4. The second kappa shape index (κ2) is 18.1. The molecular weight excluding hydrogens is 1090 g/mol. The van der Waals surface area contributed by atoms with Crippen LogP contribution in [0.3, 0.4) is 0 Å². The largest absolute Gasteiger partial charge is 0.454 e. The van der Waals surface area contributed by atoms with Gasteiger partial charge in [-0.2, -0.15) is 10.5 Å². The first-order valence-corrected chi connectivity index (χ1v) is 31.2. The fraction of sp³-hybridized carbons (Fsp3) is 0.150. The van der Waals surface area contributed by atoms with E-state index in [2.05, 4.69) is 287 Å². The maximum absolute atomic E-state index is 13.1. The van der Waals surface area contributed by atoms with Gasteiger partial charge >= 0.3 is 0 Å². The number of aromatic nitrogens is 4. The number of benzene rings is 11. The zero-order valence-electron chi connectivity index (χ0n) is 50.6. The van der Waals surface area contributed by atoms with Crippen molar-refractivity contribution in [3.8, 4) is 34.9 Å². The Morgan fingerprint density at radius 2 is 0.784 bits per heavy atom. The Hall–Kier alpha value is -10.4. The highest BCUT2D eigenvalue weighted by molar-refractivity contribution is 7.26. The summed E-state index contributed by atoms with van der Waals surface area (Å²) in [6.07, 6.45) is 0. The fourth-order valence-corrected chi connectivity index (χ4v) is 16.0. The van der Waals surface area contributed by atoms with Crippen molar-refractivity contribution in [3.05, 3.63) is 228 Å². The number of rotatable bonds is 4. The predicted octanol–water partition coefficient (Wildman–Crippen LogP) is 22.0. The van der Waals surface area contributed by atoms with E-state index in [9.17, 15) is 10.5 Å². The highest BCUT2D eigenvalue weighted by Gasteiger charge is 2.37. The van der Waals surface area contributed by atoms with Crippen LogP contribution in [0, 0.1) is 22.7 Å². The second-order valence-corrected chi connectivity index (χ2v) is 28.1. The van der Waals surface area contributed by atoms with Crippen LogP contribution < -0.4 is 0 Å². The molecule has 6 aromatic heterocycles. The summed E-state index contributed by atoms with van der Waals surface area (Å²) in [7, 11) is 0. The lowest BCUT2D eigenvalue weighted by Gasteiger charge is -2.27. The molecule has 0 atom stereocenters. The van der Waals surface area contributed by atoms with E-state index >= 15 is 0 Å². The predicted molar refractivity (Wildman–Crippen MR) is 369 cm³/mol. The summed E-state index contributed by atoms with van der Waals surface area (Å²) in [6, 6.07) is 78.1. The standard InChI is InChI=1S/C80H60N6OS/c1-78(2,3)45-34-38-65-55(40-45)52-36-37-53-51-26-15-21-33-68(51)88-77(53)74(52)86(65)75-71(83-61-28-16-10-22-47(61)48-23-11-17-29-62(48)83)58(43-81)70(59(44-82)72(75)84-63-30-18-12-24-49(63)50-25-13-19-31-64(50)84)85-66-39-35-46(79(4,5)6)41-56(66)57-42-60(80(7,8)9)69-54-27-14-20-32-67(54)87-76(69)73(57)85/h10-42H,1-9H3. The fourth-order valence-electron chi connectivity index (χ4n) is 14.8. The molecule has 0 saturated heterocycles. The number of hydrogen-bond donors (Lipinski definition) is 0. The molecule has 11 aromatic carbocycles. The van der Waals surface area contributed by atoms with E-state index in [1.165, 1.54) is 21.2 Å². The van der Waals surface area contributed by atoms with E-state index in [1.807, 2.05) is 6.07 Å². The van der Waals surface area contributed by atoms with Gasteiger partial charge in [-0.3, -0.25) is 0 Å². The molecule has 0 radical (unpaired) electrons. The molecule has 0 spiro atoms. The van der Waals surface area contributed by atoms with Crippen molar-refractivity contribution in [1.29, 1.82) is 10.5 Å². The first-order chi connectivity index (χ1) is 42.5. The molecule has 17 rings (SSSR count). The molecule has 8 heteroatoms. The summed E-state index contributed by atoms with van der Waals surface area (Å²) in [5.41, 5.74) is 14.8. The Labute approximate surface area is 512 Å². The summed E-state index contributed by atoms with van der Waals surface area (Å²) < 4.78 is 19.0. The van der Waals surface area contributed by atoms with Crippen LogP contribution in [0.4, 0.5) is 0 Å². The molecule has 17 aromatic rings. The van der Waals surface area contributed by atoms with Gasteiger partial charge < -0.3 is 22.7 Å². The lowest BCUT2D eigenvalue weighted by Crippen LogP contribution is -2.17. The van der Waals surface area contributed by atoms with E-state index in [4.69, 9.17) is 4.42 Å². The van der Waals surface area contributed by atoms with Crippen molar-refractivity contribution in [3.63, 3.8) is 0 Å². The lowest BCUT2D eigenvalue weighted by molar-refractivity contribution is 0.591. The molecular formula is C80H60N6OS. The number of fused-ring (bicyclic) bond motifs is 20. The minimum Gasteiger partial charge on any atom is -0.454 e. The summed E-state index contributed by atoms with van der Waals surface area (Å²) in [5.74, 6) is 0. The van der Waals surface area contributed by atoms with Gasteiger partial charge in [0.25, 0.3) is 0 Å². The maximum Gasteiger partial charge on any atom is 0.160 e. The number of nitriles is 2. The second-order valence-electron chi connectivity index (χ2n) is 27.1. The third-order valence-corrected chi connectivity index (χ3v) is 20.1. The average Bonchev–Trinajstić information content (AvgIpc) is 1.48. The van der Waals surface area contributed by atoms with Gasteiger partial charge in [0.2, 0.25) is 0 Å². The Bertz CT molecular complexity index is 5770. The summed E-state index contributed by atoms with van der Waals surface area (Å²) in [6.45, 7) is 20.4. The van der Waals surface area contributed by atoms with E-state index < -0.39 is 0 Å². The topological polar surface area (TPSA) is 80.4 Å². The first kappa shape index (κ1) is 52.0. The summed E-state index contributed by atoms with van der Waals surface area (Å²) in [5, 5.41) is 38.9. The Balaban J connectivity index is 1.21. The molecule has 0 N–H and O–H groups in total. The van der Waals surface area contributed by atoms with Crippen LogP contribution in [0.2, 0.25) is 0 Å². The third-order valence-electron chi connectivity index (χ3n) is 18.9. The molecule has 88 heavy (non-hydrogen) atoms. The quantitative estimate of drug-likeness (QED) is 0.176. The van der Waals surface area contributed by atoms with E-state index in [1.54, 1.807) is 11.3 Å². The van der Waals surface area contributed by atoms with Crippen LogP contribution in [0.25, 0.3) is 152 Å². The average molecular weight is 1150 g/mol. The van der Waals surface area contributed by atoms with Crippen molar-refractivity contribution in [2.75, 3.05) is 0 Å². The van der Waals surface area contributed by atoms with Gasteiger partial charge in [-0.25, -0.2) is 0 Å². The Kier molecular flexibility index (Phi) is 10.7. The Morgan fingerprint density at radius 1 is 0.352 bits per heavy atom. The SMILES string of the molecule is CC(C)(C)c1ccc2c(c1)c1cc(C(C)(C)C)c3c4ccccc4oc3c1n2-c1c(C#N)c(-n2c3ccccc3c3ccccc32)c(-n2c3ccc(C(C)(C)C)cc3c3ccc4c5ccccc5sc4c32)c(-n2c3ccccc3c3ccccc32)c1C#N. The zero-order valence-corrected chi connectivity index (χ0v) is 51.4. The van der Waals surface area contributed by atoms with Gasteiger partial charge in [0.05, 0.1) is 71.6 Å².